The van der Waals surface area contributed by atoms with Gasteiger partial charge in [-0.15, -0.1) is 0 Å². The van der Waals surface area contributed by atoms with Gasteiger partial charge in [0.05, 0.1) is 0 Å². The van der Waals surface area contributed by atoms with Gasteiger partial charge in [0.25, 0.3) is 0 Å². The minimum atomic E-state index is -1.36. The molecule has 0 radical (unpaired) electrons. The summed E-state index contributed by atoms with van der Waals surface area (Å²) in [7, 11) is 0. The van der Waals surface area contributed by atoms with Crippen LogP contribution in [0.4, 0.5) is 4.39 Å². The Labute approximate surface area is 145 Å². The van der Waals surface area contributed by atoms with Crippen molar-refractivity contribution in [2.75, 3.05) is 19.6 Å². The number of aromatic hydroxyl groups is 1. The molecule has 2 rings (SSSR count). The fourth-order valence-corrected chi connectivity index (χ4v) is 3.50. The highest BCUT2D eigenvalue weighted by molar-refractivity contribution is 5.32. The quantitative estimate of drug-likeness (QED) is 0.713. The van der Waals surface area contributed by atoms with Crippen LogP contribution >= 0.6 is 0 Å². The van der Waals surface area contributed by atoms with Gasteiger partial charge in [0.2, 0.25) is 0 Å². The first-order chi connectivity index (χ1) is 11.5. The number of halogens is 1. The summed E-state index contributed by atoms with van der Waals surface area (Å²) in [6.45, 7) is 11.9. The second kappa shape index (κ2) is 8.29. The van der Waals surface area contributed by atoms with E-state index >= 15 is 4.39 Å². The number of hydrogen-bond acceptors (Lipinski definition) is 2. The molecule has 1 saturated heterocycles. The van der Waals surface area contributed by atoms with Crippen LogP contribution in [0.1, 0.15) is 31.7 Å². The summed E-state index contributed by atoms with van der Waals surface area (Å²) in [5.41, 5.74) is 0.428. The second-order valence-electron chi connectivity index (χ2n) is 6.65. The zero-order valence-electron chi connectivity index (χ0n) is 14.5. The largest absolute Gasteiger partial charge is 0.508 e. The van der Waals surface area contributed by atoms with Crippen molar-refractivity contribution in [2.45, 2.75) is 31.9 Å². The maximum atomic E-state index is 15.5. The Morgan fingerprint density at radius 1 is 1.46 bits per heavy atom. The number of alkyl halides is 1. The molecule has 1 heterocycles. The highest BCUT2D eigenvalue weighted by atomic mass is 19.1. The van der Waals surface area contributed by atoms with Crippen LogP contribution in [0.2, 0.25) is 0 Å². The standard InChI is InChI=1S/C21H28FNO/c1-4-8-18(5-2)9-7-13-23-14-12-21(22,17(3)16-23)19-10-6-11-20(24)15-19/h4-6,8,10-11,15,17,24H,1-2,7,9,12-14,16H2,3H3/b18-8+. The van der Waals surface area contributed by atoms with Crippen LogP contribution in [0.3, 0.4) is 0 Å². The highest BCUT2D eigenvalue weighted by Gasteiger charge is 2.42. The van der Waals surface area contributed by atoms with E-state index in [4.69, 9.17) is 0 Å². The third-order valence-electron chi connectivity index (χ3n) is 4.97. The third kappa shape index (κ3) is 4.35. The van der Waals surface area contributed by atoms with Crippen LogP contribution in [-0.2, 0) is 5.67 Å². The van der Waals surface area contributed by atoms with Crippen molar-refractivity contribution in [1.29, 1.82) is 0 Å². The zero-order valence-corrected chi connectivity index (χ0v) is 14.5. The molecule has 0 aliphatic carbocycles. The maximum Gasteiger partial charge on any atom is 0.141 e. The molecule has 0 bridgehead atoms. The normalized spacial score (nSPS) is 25.4. The lowest BCUT2D eigenvalue weighted by atomic mass is 9.78. The van der Waals surface area contributed by atoms with E-state index in [1.807, 2.05) is 19.1 Å². The minimum Gasteiger partial charge on any atom is -0.508 e. The number of nitrogens with zero attached hydrogens (tertiary/aromatic N) is 1. The molecule has 0 amide bonds. The van der Waals surface area contributed by atoms with Crippen molar-refractivity contribution in [2.24, 2.45) is 5.92 Å². The van der Waals surface area contributed by atoms with E-state index in [0.717, 1.165) is 32.5 Å². The molecular formula is C21H28FNO. The molecule has 0 saturated carbocycles. The SMILES string of the molecule is C=C/C=C(\C=C)CCCN1CCC(F)(c2cccc(O)c2)C(C)C1. The lowest BCUT2D eigenvalue weighted by Crippen LogP contribution is -2.46. The van der Waals surface area contributed by atoms with Crippen molar-refractivity contribution in [3.8, 4) is 5.75 Å². The van der Waals surface area contributed by atoms with Gasteiger partial charge in [-0.25, -0.2) is 4.39 Å². The van der Waals surface area contributed by atoms with Crippen molar-refractivity contribution < 1.29 is 9.50 Å². The molecule has 2 atom stereocenters. The van der Waals surface area contributed by atoms with E-state index < -0.39 is 5.67 Å². The Morgan fingerprint density at radius 3 is 2.88 bits per heavy atom. The number of piperidine rings is 1. The fourth-order valence-electron chi connectivity index (χ4n) is 3.50. The van der Waals surface area contributed by atoms with E-state index in [9.17, 15) is 5.11 Å². The second-order valence-corrected chi connectivity index (χ2v) is 6.65. The smallest absolute Gasteiger partial charge is 0.141 e. The number of rotatable bonds is 7. The van der Waals surface area contributed by atoms with Crippen molar-refractivity contribution in [3.63, 3.8) is 0 Å². The molecule has 24 heavy (non-hydrogen) atoms. The van der Waals surface area contributed by atoms with Gasteiger partial charge in [-0.05, 0) is 49.1 Å². The summed E-state index contributed by atoms with van der Waals surface area (Å²) >= 11 is 0. The molecule has 130 valence electrons. The van der Waals surface area contributed by atoms with E-state index in [0.29, 0.717) is 12.0 Å². The van der Waals surface area contributed by atoms with Gasteiger partial charge in [-0.2, -0.15) is 0 Å². The molecule has 2 unspecified atom stereocenters. The molecule has 1 N–H and O–H groups in total. The average molecular weight is 329 g/mol. The third-order valence-corrected chi connectivity index (χ3v) is 4.97. The number of hydrogen-bond donors (Lipinski definition) is 1. The van der Waals surface area contributed by atoms with Gasteiger partial charge in [-0.3, -0.25) is 0 Å². The van der Waals surface area contributed by atoms with Crippen LogP contribution < -0.4 is 0 Å². The zero-order chi connectivity index (χ0) is 17.6. The summed E-state index contributed by atoms with van der Waals surface area (Å²) in [5, 5.41) is 9.63. The summed E-state index contributed by atoms with van der Waals surface area (Å²) in [5.74, 6) is 0.0285. The molecule has 1 aliphatic heterocycles. The van der Waals surface area contributed by atoms with E-state index in [1.54, 1.807) is 30.3 Å². The average Bonchev–Trinajstić information content (AvgIpc) is 2.57. The number of allylic oxidation sites excluding steroid dienone is 4. The lowest BCUT2D eigenvalue weighted by Gasteiger charge is -2.42. The van der Waals surface area contributed by atoms with Crippen LogP contribution in [0.5, 0.6) is 5.75 Å². The molecule has 0 spiro atoms. The lowest BCUT2D eigenvalue weighted by molar-refractivity contribution is 0.00121. The Balaban J connectivity index is 1.92. The Kier molecular flexibility index (Phi) is 6.38. The van der Waals surface area contributed by atoms with E-state index in [1.165, 1.54) is 5.57 Å². The molecule has 1 aliphatic rings. The van der Waals surface area contributed by atoms with E-state index in [2.05, 4.69) is 18.1 Å². The summed E-state index contributed by atoms with van der Waals surface area (Å²) < 4.78 is 15.5. The molecule has 0 aromatic heterocycles. The van der Waals surface area contributed by atoms with Crippen molar-refractivity contribution in [3.05, 3.63) is 66.8 Å². The Bertz CT molecular complexity index is 610. The molecule has 1 fully saturated rings. The molecular weight excluding hydrogens is 301 g/mol. The summed E-state index contributed by atoms with van der Waals surface area (Å²) in [6, 6.07) is 6.64. The van der Waals surface area contributed by atoms with E-state index in [-0.39, 0.29) is 11.7 Å². The van der Waals surface area contributed by atoms with Crippen LogP contribution in [0.25, 0.3) is 0 Å². The fraction of sp³-hybridized carbons (Fsp3) is 0.429. The van der Waals surface area contributed by atoms with Crippen molar-refractivity contribution in [1.82, 2.24) is 4.90 Å². The van der Waals surface area contributed by atoms with Crippen LogP contribution in [-0.4, -0.2) is 29.6 Å². The topological polar surface area (TPSA) is 23.5 Å². The van der Waals surface area contributed by atoms with Crippen molar-refractivity contribution >= 4 is 0 Å². The number of phenolic OH excluding ortho intramolecular Hbond substituents is 1. The first-order valence-corrected chi connectivity index (χ1v) is 8.64. The number of phenols is 1. The van der Waals surface area contributed by atoms with Gasteiger partial charge in [-0.1, -0.05) is 50.4 Å². The first kappa shape index (κ1) is 18.5. The Hall–Kier alpha value is -1.87. The monoisotopic (exact) mass is 329 g/mol. The van der Waals surface area contributed by atoms with Gasteiger partial charge >= 0.3 is 0 Å². The predicted molar refractivity (Wildman–Crippen MR) is 98.8 cm³/mol. The molecule has 1 aromatic carbocycles. The first-order valence-electron chi connectivity index (χ1n) is 8.64. The van der Waals surface area contributed by atoms with Crippen LogP contribution in [0, 0.1) is 5.92 Å². The Morgan fingerprint density at radius 2 is 2.25 bits per heavy atom. The minimum absolute atomic E-state index is 0.101. The predicted octanol–water partition coefficient (Wildman–Crippen LogP) is 4.98. The molecule has 3 heteroatoms. The van der Waals surface area contributed by atoms with Crippen LogP contribution in [0.15, 0.2) is 61.2 Å². The van der Waals surface area contributed by atoms with Gasteiger partial charge < -0.3 is 10.0 Å². The number of benzene rings is 1. The van der Waals surface area contributed by atoms with Gasteiger partial charge in [0.15, 0.2) is 0 Å². The maximum absolute atomic E-state index is 15.5. The van der Waals surface area contributed by atoms with Gasteiger partial charge in [0.1, 0.15) is 11.4 Å². The van der Waals surface area contributed by atoms with Gasteiger partial charge in [0, 0.05) is 19.0 Å². The summed E-state index contributed by atoms with van der Waals surface area (Å²) in [6.07, 6.45) is 8.11. The highest BCUT2D eigenvalue weighted by Crippen LogP contribution is 2.41. The molecule has 1 aromatic rings. The molecule has 2 nitrogen and oxygen atoms in total. The summed E-state index contributed by atoms with van der Waals surface area (Å²) in [4.78, 5) is 2.33. The number of likely N-dealkylation sites (tertiary alicyclic amines) is 1.